The van der Waals surface area contributed by atoms with E-state index in [1.165, 1.54) is 12.1 Å². The maximum Gasteiger partial charge on any atom is 0.323 e. The second kappa shape index (κ2) is 7.89. The SMILES string of the molecule is CCOC(=O)C(CC)NCCc1ccc(F)cc1C. The Labute approximate surface area is 114 Å². The van der Waals surface area contributed by atoms with E-state index in [0.29, 0.717) is 19.6 Å². The van der Waals surface area contributed by atoms with Crippen LogP contribution in [-0.4, -0.2) is 25.2 Å². The van der Waals surface area contributed by atoms with Crippen LogP contribution in [-0.2, 0) is 16.0 Å². The van der Waals surface area contributed by atoms with Crippen LogP contribution < -0.4 is 5.32 Å². The summed E-state index contributed by atoms with van der Waals surface area (Å²) in [6.45, 7) is 6.70. The van der Waals surface area contributed by atoms with Gasteiger partial charge in [-0.2, -0.15) is 0 Å². The van der Waals surface area contributed by atoms with Crippen LogP contribution in [0, 0.1) is 12.7 Å². The minimum absolute atomic E-state index is 0.208. The lowest BCUT2D eigenvalue weighted by molar-refractivity contribution is -0.145. The van der Waals surface area contributed by atoms with E-state index < -0.39 is 0 Å². The van der Waals surface area contributed by atoms with E-state index in [0.717, 1.165) is 17.5 Å². The molecule has 0 amide bonds. The summed E-state index contributed by atoms with van der Waals surface area (Å²) in [6, 6.07) is 4.52. The summed E-state index contributed by atoms with van der Waals surface area (Å²) < 4.78 is 18.0. The topological polar surface area (TPSA) is 38.3 Å². The van der Waals surface area contributed by atoms with Crippen molar-refractivity contribution in [3.8, 4) is 0 Å². The lowest BCUT2D eigenvalue weighted by atomic mass is 10.1. The van der Waals surface area contributed by atoms with Crippen molar-refractivity contribution in [3.05, 3.63) is 35.1 Å². The fourth-order valence-corrected chi connectivity index (χ4v) is 1.96. The first kappa shape index (κ1) is 15.6. The van der Waals surface area contributed by atoms with Gasteiger partial charge in [0, 0.05) is 0 Å². The van der Waals surface area contributed by atoms with Crippen molar-refractivity contribution in [3.63, 3.8) is 0 Å². The number of rotatable bonds is 7. The fourth-order valence-electron chi connectivity index (χ4n) is 1.96. The number of esters is 1. The summed E-state index contributed by atoms with van der Waals surface area (Å²) in [5.74, 6) is -0.423. The van der Waals surface area contributed by atoms with Crippen molar-refractivity contribution in [2.45, 2.75) is 39.7 Å². The van der Waals surface area contributed by atoms with Gasteiger partial charge in [-0.1, -0.05) is 13.0 Å². The average Bonchev–Trinajstić information content (AvgIpc) is 2.37. The van der Waals surface area contributed by atoms with E-state index in [1.807, 2.05) is 13.8 Å². The van der Waals surface area contributed by atoms with Gasteiger partial charge in [-0.05, 0) is 56.5 Å². The molecule has 0 heterocycles. The number of ether oxygens (including phenoxy) is 1. The van der Waals surface area contributed by atoms with Crippen LogP contribution in [0.3, 0.4) is 0 Å². The van der Waals surface area contributed by atoms with Gasteiger partial charge >= 0.3 is 5.97 Å². The molecule has 0 aliphatic heterocycles. The van der Waals surface area contributed by atoms with Crippen molar-refractivity contribution >= 4 is 5.97 Å². The molecule has 1 aromatic carbocycles. The minimum atomic E-state index is -0.263. The zero-order chi connectivity index (χ0) is 14.3. The molecule has 0 aliphatic rings. The maximum atomic E-state index is 13.0. The molecule has 3 nitrogen and oxygen atoms in total. The van der Waals surface area contributed by atoms with Crippen LogP contribution in [0.25, 0.3) is 0 Å². The first-order chi connectivity index (χ1) is 9.08. The highest BCUT2D eigenvalue weighted by atomic mass is 19.1. The number of nitrogens with one attached hydrogen (secondary N) is 1. The van der Waals surface area contributed by atoms with Gasteiger partial charge < -0.3 is 10.1 Å². The molecule has 0 fully saturated rings. The maximum absolute atomic E-state index is 13.0. The third-order valence-corrected chi connectivity index (χ3v) is 3.07. The van der Waals surface area contributed by atoms with Gasteiger partial charge in [0.2, 0.25) is 0 Å². The summed E-state index contributed by atoms with van der Waals surface area (Å²) in [5.41, 5.74) is 2.03. The van der Waals surface area contributed by atoms with Crippen molar-refractivity contribution in [2.24, 2.45) is 0 Å². The van der Waals surface area contributed by atoms with Gasteiger partial charge in [-0.25, -0.2) is 4.39 Å². The van der Waals surface area contributed by atoms with Crippen molar-refractivity contribution < 1.29 is 13.9 Å². The van der Waals surface area contributed by atoms with Crippen molar-refractivity contribution in [1.29, 1.82) is 0 Å². The summed E-state index contributed by atoms with van der Waals surface area (Å²) in [5, 5.41) is 3.18. The van der Waals surface area contributed by atoms with E-state index in [-0.39, 0.29) is 17.8 Å². The summed E-state index contributed by atoms with van der Waals surface area (Å²) in [4.78, 5) is 11.6. The molecule has 4 heteroatoms. The molecule has 0 spiro atoms. The molecular formula is C15H22FNO2. The van der Waals surface area contributed by atoms with Crippen molar-refractivity contribution in [2.75, 3.05) is 13.2 Å². The molecule has 0 bridgehead atoms. The molecule has 1 unspecified atom stereocenters. The van der Waals surface area contributed by atoms with Gasteiger partial charge in [0.15, 0.2) is 0 Å². The molecule has 0 saturated heterocycles. The number of aryl methyl sites for hydroxylation is 1. The number of halogens is 1. The molecule has 19 heavy (non-hydrogen) atoms. The smallest absolute Gasteiger partial charge is 0.323 e. The monoisotopic (exact) mass is 267 g/mol. The first-order valence-electron chi connectivity index (χ1n) is 6.73. The normalized spacial score (nSPS) is 12.2. The number of benzene rings is 1. The van der Waals surface area contributed by atoms with Crippen LogP contribution in [0.15, 0.2) is 18.2 Å². The van der Waals surface area contributed by atoms with Crippen LogP contribution in [0.5, 0.6) is 0 Å². The third kappa shape index (κ3) is 4.99. The van der Waals surface area contributed by atoms with Crippen LogP contribution >= 0.6 is 0 Å². The summed E-state index contributed by atoms with van der Waals surface area (Å²) in [7, 11) is 0. The first-order valence-corrected chi connectivity index (χ1v) is 6.73. The Kier molecular flexibility index (Phi) is 6.50. The van der Waals surface area contributed by atoms with E-state index >= 15 is 0 Å². The van der Waals surface area contributed by atoms with E-state index in [1.54, 1.807) is 13.0 Å². The average molecular weight is 267 g/mol. The van der Waals surface area contributed by atoms with Gasteiger partial charge in [-0.3, -0.25) is 4.79 Å². The Hall–Kier alpha value is -1.42. The fraction of sp³-hybridized carbons (Fsp3) is 0.533. The molecule has 106 valence electrons. The predicted molar refractivity (Wildman–Crippen MR) is 73.6 cm³/mol. The van der Waals surface area contributed by atoms with Crippen LogP contribution in [0.1, 0.15) is 31.4 Å². The number of carbonyl (C=O) groups is 1. The van der Waals surface area contributed by atoms with Gasteiger partial charge in [-0.15, -0.1) is 0 Å². The molecule has 0 aliphatic carbocycles. The quantitative estimate of drug-likeness (QED) is 0.772. The van der Waals surface area contributed by atoms with Crippen molar-refractivity contribution in [1.82, 2.24) is 5.32 Å². The van der Waals surface area contributed by atoms with E-state index in [2.05, 4.69) is 5.32 Å². The number of hydrogen-bond acceptors (Lipinski definition) is 3. The molecular weight excluding hydrogens is 245 g/mol. The van der Waals surface area contributed by atoms with E-state index in [9.17, 15) is 9.18 Å². The second-order valence-corrected chi connectivity index (χ2v) is 4.49. The lowest BCUT2D eigenvalue weighted by Gasteiger charge is -2.15. The molecule has 0 aromatic heterocycles. The molecule has 1 N–H and O–H groups in total. The third-order valence-electron chi connectivity index (χ3n) is 3.07. The zero-order valence-corrected chi connectivity index (χ0v) is 11.8. The number of hydrogen-bond donors (Lipinski definition) is 1. The zero-order valence-electron chi connectivity index (χ0n) is 11.8. The summed E-state index contributed by atoms with van der Waals surface area (Å²) in [6.07, 6.45) is 1.46. The Morgan fingerprint density at radius 2 is 2.16 bits per heavy atom. The Morgan fingerprint density at radius 3 is 2.74 bits per heavy atom. The Morgan fingerprint density at radius 1 is 1.42 bits per heavy atom. The summed E-state index contributed by atoms with van der Waals surface area (Å²) >= 11 is 0. The molecule has 0 radical (unpaired) electrons. The van der Waals surface area contributed by atoms with Gasteiger partial charge in [0.25, 0.3) is 0 Å². The number of carbonyl (C=O) groups excluding carboxylic acids is 1. The van der Waals surface area contributed by atoms with Gasteiger partial charge in [0.05, 0.1) is 6.61 Å². The highest BCUT2D eigenvalue weighted by molar-refractivity contribution is 5.75. The lowest BCUT2D eigenvalue weighted by Crippen LogP contribution is -2.38. The standard InChI is InChI=1S/C15H22FNO2/c1-4-14(15(18)19-5-2)17-9-8-12-6-7-13(16)10-11(12)3/h6-7,10,14,17H,4-5,8-9H2,1-3H3. The predicted octanol–water partition coefficient (Wildman–Crippen LogP) is 2.61. The highest BCUT2D eigenvalue weighted by Gasteiger charge is 2.16. The minimum Gasteiger partial charge on any atom is -0.465 e. The molecule has 1 aromatic rings. The molecule has 0 saturated carbocycles. The Balaban J connectivity index is 2.46. The Bertz CT molecular complexity index is 421. The van der Waals surface area contributed by atoms with Crippen LogP contribution in [0.4, 0.5) is 4.39 Å². The molecule has 1 atom stereocenters. The van der Waals surface area contributed by atoms with Gasteiger partial charge in [0.1, 0.15) is 11.9 Å². The second-order valence-electron chi connectivity index (χ2n) is 4.49. The van der Waals surface area contributed by atoms with E-state index in [4.69, 9.17) is 4.74 Å². The van der Waals surface area contributed by atoms with Crippen LogP contribution in [0.2, 0.25) is 0 Å². The largest absolute Gasteiger partial charge is 0.465 e. The molecule has 1 rings (SSSR count). The highest BCUT2D eigenvalue weighted by Crippen LogP contribution is 2.10.